The second-order valence-corrected chi connectivity index (χ2v) is 3.77. The van der Waals surface area contributed by atoms with E-state index in [4.69, 9.17) is 0 Å². The van der Waals surface area contributed by atoms with Gasteiger partial charge in [-0.3, -0.25) is 0 Å². The molecule has 1 saturated carbocycles. The van der Waals surface area contributed by atoms with E-state index in [1.165, 1.54) is 0 Å². The van der Waals surface area contributed by atoms with E-state index < -0.39 is 41.0 Å². The molecule has 1 aliphatic heterocycles. The van der Waals surface area contributed by atoms with Gasteiger partial charge in [0.25, 0.3) is 11.3 Å². The minimum absolute atomic E-state index is 1.16. The molecular formula is C7H2F6N2. The molecule has 1 fully saturated rings. The Hall–Kier alpha value is -1.08. The van der Waals surface area contributed by atoms with Crippen molar-refractivity contribution in [1.82, 2.24) is 0 Å². The molecule has 3 aliphatic rings. The molecule has 8 heteroatoms. The zero-order chi connectivity index (χ0) is 11.3. The Bertz CT molecular complexity index is 449. The number of halogens is 6. The van der Waals surface area contributed by atoms with Gasteiger partial charge in [0, 0.05) is 0 Å². The van der Waals surface area contributed by atoms with Crippen LogP contribution in [0.3, 0.4) is 0 Å². The fourth-order valence-electron chi connectivity index (χ4n) is 2.39. The van der Waals surface area contributed by atoms with Crippen molar-refractivity contribution in [2.75, 3.05) is 6.54 Å². The molecule has 0 spiro atoms. The van der Waals surface area contributed by atoms with E-state index in [1.54, 1.807) is 0 Å². The van der Waals surface area contributed by atoms with Gasteiger partial charge in [0.1, 0.15) is 6.54 Å². The summed E-state index contributed by atoms with van der Waals surface area (Å²) in [5, 5.41) is 5.31. The minimum Gasteiger partial charge on any atom is -0.231 e. The highest BCUT2D eigenvalue weighted by Crippen LogP contribution is 2.79. The average Bonchev–Trinajstić information content (AvgIpc) is 2.51. The van der Waals surface area contributed by atoms with Gasteiger partial charge in [0.2, 0.25) is 5.67 Å². The summed E-state index contributed by atoms with van der Waals surface area (Å²) < 4.78 is 79.5. The van der Waals surface area contributed by atoms with Crippen LogP contribution >= 0.6 is 0 Å². The first-order valence-corrected chi connectivity index (χ1v) is 3.98. The predicted molar refractivity (Wildman–Crippen MR) is 34.3 cm³/mol. The molecule has 0 aromatic rings. The molecule has 0 saturated heterocycles. The maximum absolute atomic E-state index is 13.6. The maximum atomic E-state index is 13.6. The molecule has 82 valence electrons. The van der Waals surface area contributed by atoms with Gasteiger partial charge in [-0.2, -0.15) is 5.11 Å². The second-order valence-electron chi connectivity index (χ2n) is 3.77. The predicted octanol–water partition coefficient (Wildman–Crippen LogP) is 2.42. The zero-order valence-electron chi connectivity index (χ0n) is 6.87. The van der Waals surface area contributed by atoms with Gasteiger partial charge < -0.3 is 0 Å². The Kier molecular flexibility index (Phi) is 1.10. The Morgan fingerprint density at radius 2 is 1.47 bits per heavy atom. The van der Waals surface area contributed by atoms with Crippen molar-refractivity contribution in [1.29, 1.82) is 0 Å². The van der Waals surface area contributed by atoms with Crippen LogP contribution in [0.1, 0.15) is 0 Å². The van der Waals surface area contributed by atoms with Crippen LogP contribution in [0.15, 0.2) is 21.9 Å². The van der Waals surface area contributed by atoms with Crippen LogP contribution in [0.2, 0.25) is 0 Å². The zero-order valence-corrected chi connectivity index (χ0v) is 6.87. The van der Waals surface area contributed by atoms with E-state index in [1.807, 2.05) is 0 Å². The molecule has 2 aliphatic carbocycles. The molecule has 2 nitrogen and oxygen atoms in total. The molecule has 4 atom stereocenters. The van der Waals surface area contributed by atoms with Crippen LogP contribution < -0.4 is 0 Å². The SMILES string of the molecule is FC1=C(F)C2(F)C3(F)N=NCC3(F)C12F. The first-order valence-electron chi connectivity index (χ1n) is 3.98. The molecule has 0 bridgehead atoms. The molecular weight excluding hydrogens is 226 g/mol. The first kappa shape index (κ1) is 9.17. The van der Waals surface area contributed by atoms with Crippen molar-refractivity contribution in [3.05, 3.63) is 11.7 Å². The van der Waals surface area contributed by atoms with Gasteiger partial charge in [-0.1, -0.05) is 0 Å². The van der Waals surface area contributed by atoms with Gasteiger partial charge in [-0.25, -0.2) is 26.3 Å². The second kappa shape index (κ2) is 1.80. The van der Waals surface area contributed by atoms with Crippen molar-refractivity contribution in [3.8, 4) is 0 Å². The van der Waals surface area contributed by atoms with Crippen LogP contribution in [-0.4, -0.2) is 29.3 Å². The standard InChI is InChI=1S/C7H2F6N2/c8-2-3(9)6(12)5(2,11)4(10)1-14-15-7(4,6)13/h1H2. The van der Waals surface area contributed by atoms with Gasteiger partial charge in [0.15, 0.2) is 11.7 Å². The molecule has 1 heterocycles. The number of nitrogens with zero attached hydrogens (tertiary/aromatic N) is 2. The molecule has 4 unspecified atom stereocenters. The Balaban J connectivity index is 2.28. The van der Waals surface area contributed by atoms with Crippen molar-refractivity contribution in [2.24, 2.45) is 10.2 Å². The number of rotatable bonds is 0. The lowest BCUT2D eigenvalue weighted by molar-refractivity contribution is -0.336. The lowest BCUT2D eigenvalue weighted by atomic mass is 9.46. The summed E-state index contributed by atoms with van der Waals surface area (Å²) in [5.41, 5.74) is -11.5. The van der Waals surface area contributed by atoms with Crippen LogP contribution in [0.5, 0.6) is 0 Å². The normalized spacial score (nSPS) is 60.9. The van der Waals surface area contributed by atoms with E-state index in [0.29, 0.717) is 0 Å². The highest BCUT2D eigenvalue weighted by atomic mass is 19.2. The largest absolute Gasteiger partial charge is 0.302 e. The summed E-state index contributed by atoms with van der Waals surface area (Å²) in [6, 6.07) is 0. The molecule has 0 radical (unpaired) electrons. The Morgan fingerprint density at radius 1 is 0.933 bits per heavy atom. The number of allylic oxidation sites excluding steroid dienone is 1. The Labute approximate surface area is 78.7 Å². The van der Waals surface area contributed by atoms with Crippen LogP contribution in [0.25, 0.3) is 0 Å². The highest BCUT2D eigenvalue weighted by molar-refractivity contribution is 5.61. The maximum Gasteiger partial charge on any atom is 0.302 e. The van der Waals surface area contributed by atoms with Crippen molar-refractivity contribution in [2.45, 2.75) is 22.8 Å². The van der Waals surface area contributed by atoms with Crippen LogP contribution in [0, 0.1) is 0 Å². The molecule has 15 heavy (non-hydrogen) atoms. The number of hydrogen-bond donors (Lipinski definition) is 0. The van der Waals surface area contributed by atoms with Gasteiger partial charge >= 0.3 is 5.79 Å². The van der Waals surface area contributed by atoms with Gasteiger partial charge in [-0.15, -0.1) is 5.11 Å². The molecule has 3 rings (SSSR count). The fourth-order valence-corrected chi connectivity index (χ4v) is 2.39. The minimum atomic E-state index is -4.00. The monoisotopic (exact) mass is 228 g/mol. The third-order valence-electron chi connectivity index (χ3n) is 3.30. The molecule has 0 amide bonds. The van der Waals surface area contributed by atoms with Gasteiger partial charge in [0.05, 0.1) is 0 Å². The topological polar surface area (TPSA) is 24.7 Å². The summed E-state index contributed by atoms with van der Waals surface area (Å²) in [5.74, 6) is -8.30. The average molecular weight is 228 g/mol. The van der Waals surface area contributed by atoms with Crippen molar-refractivity contribution in [3.63, 3.8) is 0 Å². The lowest BCUT2D eigenvalue weighted by Crippen LogP contribution is -2.92. The third kappa shape index (κ3) is 0.444. The molecule has 0 aromatic carbocycles. The summed E-state index contributed by atoms with van der Waals surface area (Å²) >= 11 is 0. The molecule has 0 aromatic heterocycles. The van der Waals surface area contributed by atoms with E-state index >= 15 is 0 Å². The summed E-state index contributed by atoms with van der Waals surface area (Å²) in [7, 11) is 0. The Morgan fingerprint density at radius 3 is 2.07 bits per heavy atom. The first-order chi connectivity index (χ1) is 6.77. The number of hydrogen-bond acceptors (Lipinski definition) is 2. The van der Waals surface area contributed by atoms with E-state index in [9.17, 15) is 26.3 Å². The quantitative estimate of drug-likeness (QED) is 0.449. The summed E-state index contributed by atoms with van der Waals surface area (Å²) in [6.07, 6.45) is 0. The fraction of sp³-hybridized carbons (Fsp3) is 0.714. The van der Waals surface area contributed by atoms with Crippen LogP contribution in [0.4, 0.5) is 26.3 Å². The smallest absolute Gasteiger partial charge is 0.231 e. The lowest BCUT2D eigenvalue weighted by Gasteiger charge is -2.64. The highest BCUT2D eigenvalue weighted by Gasteiger charge is 3.04. The van der Waals surface area contributed by atoms with E-state index in [2.05, 4.69) is 10.2 Å². The summed E-state index contributed by atoms with van der Waals surface area (Å²) in [4.78, 5) is 0. The van der Waals surface area contributed by atoms with Crippen LogP contribution in [-0.2, 0) is 0 Å². The van der Waals surface area contributed by atoms with E-state index in [-0.39, 0.29) is 0 Å². The van der Waals surface area contributed by atoms with Crippen molar-refractivity contribution >= 4 is 0 Å². The molecule has 0 N–H and O–H groups in total. The number of azo groups is 1. The van der Waals surface area contributed by atoms with E-state index in [0.717, 1.165) is 0 Å². The number of alkyl halides is 4. The van der Waals surface area contributed by atoms with Gasteiger partial charge in [-0.05, 0) is 0 Å². The third-order valence-corrected chi connectivity index (χ3v) is 3.30. The van der Waals surface area contributed by atoms with Crippen molar-refractivity contribution < 1.29 is 26.3 Å². The number of fused-ring (bicyclic) bond motifs is 4. The summed E-state index contributed by atoms with van der Waals surface area (Å²) in [6.45, 7) is -1.16.